The molecule has 0 radical (unpaired) electrons. The van der Waals surface area contributed by atoms with Crippen LogP contribution in [0.4, 0.5) is 4.39 Å². The summed E-state index contributed by atoms with van der Waals surface area (Å²) in [5.74, 6) is -3.53. The third-order valence-electron chi connectivity index (χ3n) is 5.12. The van der Waals surface area contributed by atoms with Gasteiger partial charge in [0, 0.05) is 25.9 Å². The zero-order chi connectivity index (χ0) is 21.3. The van der Waals surface area contributed by atoms with Crippen molar-refractivity contribution in [2.75, 3.05) is 20.3 Å². The maximum Gasteiger partial charge on any atom is 0.341 e. The molecule has 4 N–H and O–H groups in total. The standard InChI is InChI=1S/C19H24FN3O6/c1-3-29-11(24)6-7-22-15-13(20)14(21)12-16(18(15)28-2)23(9-4-5-9)8-10(17(12)25)19(26)27/h8-9,16,18,22H,3-7,21H2,1-2H3,(H,26,27). The van der Waals surface area contributed by atoms with Crippen LogP contribution in [-0.2, 0) is 23.9 Å². The van der Waals surface area contributed by atoms with Crippen LogP contribution < -0.4 is 11.1 Å². The van der Waals surface area contributed by atoms with E-state index in [1.807, 2.05) is 0 Å². The second kappa shape index (κ2) is 8.24. The number of hydrogen-bond donors (Lipinski definition) is 3. The fourth-order valence-corrected chi connectivity index (χ4v) is 3.67. The number of Topliss-reactive ketones (excluding diaryl/α,β-unsaturated/α-hetero) is 1. The van der Waals surface area contributed by atoms with Gasteiger partial charge in [0.1, 0.15) is 11.7 Å². The van der Waals surface area contributed by atoms with Crippen LogP contribution in [0.15, 0.2) is 34.6 Å². The molecule has 29 heavy (non-hydrogen) atoms. The van der Waals surface area contributed by atoms with E-state index in [2.05, 4.69) is 5.32 Å². The summed E-state index contributed by atoms with van der Waals surface area (Å²) in [4.78, 5) is 37.5. The van der Waals surface area contributed by atoms with Crippen molar-refractivity contribution in [1.29, 1.82) is 0 Å². The highest BCUT2D eigenvalue weighted by Gasteiger charge is 2.50. The number of nitrogens with one attached hydrogen (secondary N) is 1. The van der Waals surface area contributed by atoms with Gasteiger partial charge in [0.2, 0.25) is 5.78 Å². The molecule has 0 aromatic heterocycles. The lowest BCUT2D eigenvalue weighted by Crippen LogP contribution is -2.55. The Morgan fingerprint density at radius 1 is 1.41 bits per heavy atom. The molecule has 0 aromatic carbocycles. The average Bonchev–Trinajstić information content (AvgIpc) is 3.50. The molecule has 0 spiro atoms. The minimum absolute atomic E-state index is 0.0104. The highest BCUT2D eigenvalue weighted by Crippen LogP contribution is 2.42. The van der Waals surface area contributed by atoms with Crippen molar-refractivity contribution in [3.05, 3.63) is 34.6 Å². The number of ether oxygens (including phenoxy) is 2. The summed E-state index contributed by atoms with van der Waals surface area (Å²) >= 11 is 0. The lowest BCUT2D eigenvalue weighted by Gasteiger charge is -2.43. The summed E-state index contributed by atoms with van der Waals surface area (Å²) in [6, 6.07) is -0.738. The Morgan fingerprint density at radius 2 is 2.10 bits per heavy atom. The molecule has 9 nitrogen and oxygen atoms in total. The summed E-state index contributed by atoms with van der Waals surface area (Å²) in [5, 5.41) is 12.2. The summed E-state index contributed by atoms with van der Waals surface area (Å²) < 4.78 is 25.4. The molecule has 2 unspecified atom stereocenters. The molecule has 10 heteroatoms. The average molecular weight is 409 g/mol. The molecule has 1 aliphatic heterocycles. The second-order valence-corrected chi connectivity index (χ2v) is 6.99. The van der Waals surface area contributed by atoms with E-state index in [1.54, 1.807) is 11.8 Å². The summed E-state index contributed by atoms with van der Waals surface area (Å²) in [7, 11) is 1.37. The molecule has 0 amide bonds. The van der Waals surface area contributed by atoms with Crippen molar-refractivity contribution in [1.82, 2.24) is 10.2 Å². The molecule has 1 saturated carbocycles. The van der Waals surface area contributed by atoms with Gasteiger partial charge < -0.3 is 30.5 Å². The number of methoxy groups -OCH3 is 1. The monoisotopic (exact) mass is 409 g/mol. The summed E-state index contributed by atoms with van der Waals surface area (Å²) in [5.41, 5.74) is 4.99. The second-order valence-electron chi connectivity index (χ2n) is 6.99. The van der Waals surface area contributed by atoms with Gasteiger partial charge in [0.25, 0.3) is 0 Å². The van der Waals surface area contributed by atoms with Gasteiger partial charge in [-0.05, 0) is 19.8 Å². The SMILES string of the molecule is CCOC(=O)CCNC1=C(F)C(N)=C2C(=O)C(C(=O)O)=CN(C3CC3)C2C1OC. The molecule has 0 bridgehead atoms. The minimum atomic E-state index is -1.39. The molecule has 0 saturated heterocycles. The normalized spacial score (nSPS) is 24.3. The van der Waals surface area contributed by atoms with E-state index >= 15 is 4.39 Å². The predicted octanol–water partition coefficient (Wildman–Crippen LogP) is 0.336. The first-order valence-electron chi connectivity index (χ1n) is 9.41. The third kappa shape index (κ3) is 3.84. The number of allylic oxidation sites excluding steroid dienone is 1. The maximum atomic E-state index is 15.1. The van der Waals surface area contributed by atoms with Crippen LogP contribution in [0.3, 0.4) is 0 Å². The number of carboxylic acids is 1. The van der Waals surface area contributed by atoms with Crippen molar-refractivity contribution in [3.63, 3.8) is 0 Å². The molecule has 2 atom stereocenters. The molecule has 0 aromatic rings. The highest BCUT2D eigenvalue weighted by molar-refractivity contribution is 6.25. The number of ketones is 1. The lowest BCUT2D eigenvalue weighted by molar-refractivity contribution is -0.143. The minimum Gasteiger partial charge on any atom is -0.477 e. The molecular weight excluding hydrogens is 385 g/mol. The zero-order valence-electron chi connectivity index (χ0n) is 16.2. The van der Waals surface area contributed by atoms with Gasteiger partial charge in [-0.15, -0.1) is 0 Å². The van der Waals surface area contributed by atoms with Gasteiger partial charge in [-0.25, -0.2) is 9.18 Å². The number of rotatable bonds is 8. The summed E-state index contributed by atoms with van der Waals surface area (Å²) in [6.45, 7) is 2.02. The smallest absolute Gasteiger partial charge is 0.341 e. The van der Waals surface area contributed by atoms with E-state index in [9.17, 15) is 19.5 Å². The van der Waals surface area contributed by atoms with Crippen molar-refractivity contribution >= 4 is 17.7 Å². The van der Waals surface area contributed by atoms with Crippen LogP contribution in [0.1, 0.15) is 26.2 Å². The van der Waals surface area contributed by atoms with Crippen LogP contribution in [0.5, 0.6) is 0 Å². The Labute approximate surface area is 167 Å². The Hall–Kier alpha value is -2.88. The number of carboxylic acid groups (broad SMARTS) is 1. The molecule has 1 heterocycles. The maximum absolute atomic E-state index is 15.1. The number of carbonyl (C=O) groups is 3. The number of nitrogens with two attached hydrogens (primary N) is 1. The summed E-state index contributed by atoms with van der Waals surface area (Å²) in [6.07, 6.45) is 2.02. The van der Waals surface area contributed by atoms with Crippen molar-refractivity contribution < 1.29 is 33.4 Å². The van der Waals surface area contributed by atoms with Crippen LogP contribution in [0.2, 0.25) is 0 Å². The van der Waals surface area contributed by atoms with Gasteiger partial charge in [0.15, 0.2) is 5.83 Å². The number of fused-ring (bicyclic) bond motifs is 1. The fraction of sp³-hybridized carbons (Fsp3) is 0.526. The highest BCUT2D eigenvalue weighted by atomic mass is 19.1. The van der Waals surface area contributed by atoms with Crippen LogP contribution in [0, 0.1) is 0 Å². The molecule has 3 rings (SSSR count). The first-order chi connectivity index (χ1) is 13.8. The van der Waals surface area contributed by atoms with Gasteiger partial charge >= 0.3 is 11.9 Å². The van der Waals surface area contributed by atoms with E-state index in [0.717, 1.165) is 12.8 Å². The van der Waals surface area contributed by atoms with E-state index < -0.39 is 47.0 Å². The van der Waals surface area contributed by atoms with E-state index in [-0.39, 0.29) is 36.9 Å². The van der Waals surface area contributed by atoms with E-state index in [1.165, 1.54) is 13.3 Å². The lowest BCUT2D eigenvalue weighted by atomic mass is 9.82. The van der Waals surface area contributed by atoms with Crippen LogP contribution in [0.25, 0.3) is 0 Å². The number of aliphatic carboxylic acids is 1. The Balaban J connectivity index is 1.96. The number of halogens is 1. The number of hydrogen-bond acceptors (Lipinski definition) is 8. The number of carbonyl (C=O) groups excluding carboxylic acids is 2. The van der Waals surface area contributed by atoms with Crippen molar-refractivity contribution in [2.45, 2.75) is 44.4 Å². The van der Waals surface area contributed by atoms with Crippen molar-refractivity contribution in [3.8, 4) is 0 Å². The first kappa shape index (κ1) is 20.8. The van der Waals surface area contributed by atoms with Gasteiger partial charge in [-0.3, -0.25) is 9.59 Å². The fourth-order valence-electron chi connectivity index (χ4n) is 3.67. The molecule has 3 aliphatic rings. The van der Waals surface area contributed by atoms with E-state index in [4.69, 9.17) is 15.2 Å². The Kier molecular flexibility index (Phi) is 5.92. The zero-order valence-corrected chi connectivity index (χ0v) is 16.2. The van der Waals surface area contributed by atoms with Crippen molar-refractivity contribution in [2.24, 2.45) is 5.73 Å². The topological polar surface area (TPSA) is 131 Å². The molecule has 158 valence electrons. The quantitative estimate of drug-likeness (QED) is 0.383. The molecular formula is C19H24FN3O6. The number of nitrogens with zero attached hydrogens (tertiary/aromatic N) is 1. The Bertz CT molecular complexity index is 830. The van der Waals surface area contributed by atoms with Crippen LogP contribution in [-0.4, -0.2) is 66.2 Å². The van der Waals surface area contributed by atoms with Crippen LogP contribution >= 0.6 is 0 Å². The van der Waals surface area contributed by atoms with E-state index in [0.29, 0.717) is 0 Å². The predicted molar refractivity (Wildman–Crippen MR) is 98.8 cm³/mol. The Morgan fingerprint density at radius 3 is 2.66 bits per heavy atom. The largest absolute Gasteiger partial charge is 0.477 e. The molecule has 1 fully saturated rings. The van der Waals surface area contributed by atoms with Gasteiger partial charge in [-0.1, -0.05) is 0 Å². The number of esters is 1. The van der Waals surface area contributed by atoms with Gasteiger partial charge in [-0.2, -0.15) is 0 Å². The molecule has 2 aliphatic carbocycles. The first-order valence-corrected chi connectivity index (χ1v) is 9.41. The van der Waals surface area contributed by atoms with Gasteiger partial charge in [0.05, 0.1) is 36.0 Å². The third-order valence-corrected chi connectivity index (χ3v) is 5.12.